The van der Waals surface area contributed by atoms with Gasteiger partial charge in [0, 0.05) is 13.0 Å². The third-order valence-electron chi connectivity index (χ3n) is 5.13. The topological polar surface area (TPSA) is 70.2 Å². The first kappa shape index (κ1) is 17.9. The molecule has 1 aliphatic carbocycles. The summed E-state index contributed by atoms with van der Waals surface area (Å²) >= 11 is 0. The number of benzene rings is 1. The molecular weight excluding hydrogens is 321 g/mol. The highest BCUT2D eigenvalue weighted by atomic mass is 19.1. The minimum Gasteiger partial charge on any atom is -0.347 e. The van der Waals surface area contributed by atoms with Crippen molar-refractivity contribution in [3.63, 3.8) is 0 Å². The van der Waals surface area contributed by atoms with E-state index in [2.05, 4.69) is 16.0 Å². The Morgan fingerprint density at radius 1 is 1.16 bits per heavy atom. The average molecular weight is 347 g/mol. The largest absolute Gasteiger partial charge is 0.347 e. The molecule has 2 aliphatic rings. The Bertz CT molecular complexity index is 642. The lowest BCUT2D eigenvalue weighted by molar-refractivity contribution is -0.125. The molecule has 0 bridgehead atoms. The monoisotopic (exact) mass is 347 g/mol. The van der Waals surface area contributed by atoms with Crippen LogP contribution in [-0.2, 0) is 22.6 Å². The van der Waals surface area contributed by atoms with Crippen molar-refractivity contribution in [3.05, 3.63) is 29.1 Å². The highest BCUT2D eigenvalue weighted by molar-refractivity contribution is 5.94. The summed E-state index contributed by atoms with van der Waals surface area (Å²) in [6.45, 7) is 1.26. The summed E-state index contributed by atoms with van der Waals surface area (Å²) in [5, 5.41) is 8.41. The summed E-state index contributed by atoms with van der Waals surface area (Å²) in [6, 6.07) is 3.42. The van der Waals surface area contributed by atoms with Crippen LogP contribution in [0.25, 0.3) is 0 Å². The van der Waals surface area contributed by atoms with Crippen molar-refractivity contribution in [2.24, 2.45) is 5.92 Å². The van der Waals surface area contributed by atoms with Crippen LogP contribution in [0.4, 0.5) is 10.1 Å². The Kier molecular flexibility index (Phi) is 6.02. The van der Waals surface area contributed by atoms with Crippen molar-refractivity contribution in [2.45, 2.75) is 51.5 Å². The zero-order chi connectivity index (χ0) is 17.6. The number of hydrogen-bond acceptors (Lipinski definition) is 3. The van der Waals surface area contributed by atoms with Crippen LogP contribution in [0.15, 0.2) is 12.1 Å². The number of fused-ring (bicyclic) bond motifs is 1. The average Bonchev–Trinajstić information content (AvgIpc) is 2.63. The van der Waals surface area contributed by atoms with Gasteiger partial charge in [-0.3, -0.25) is 9.59 Å². The van der Waals surface area contributed by atoms with Crippen molar-refractivity contribution in [3.8, 4) is 0 Å². The van der Waals surface area contributed by atoms with Gasteiger partial charge < -0.3 is 16.0 Å². The number of amides is 2. The van der Waals surface area contributed by atoms with Crippen LogP contribution in [0.3, 0.4) is 0 Å². The number of hydrogen-bond donors (Lipinski definition) is 3. The molecule has 3 rings (SSSR count). The van der Waals surface area contributed by atoms with Crippen LogP contribution in [0, 0.1) is 11.7 Å². The highest BCUT2D eigenvalue weighted by Crippen LogP contribution is 2.26. The van der Waals surface area contributed by atoms with Gasteiger partial charge in [0.25, 0.3) is 0 Å². The molecule has 1 aromatic rings. The number of halogens is 1. The Morgan fingerprint density at radius 2 is 1.96 bits per heavy atom. The van der Waals surface area contributed by atoms with Crippen LogP contribution in [-0.4, -0.2) is 24.9 Å². The van der Waals surface area contributed by atoms with E-state index in [0.717, 1.165) is 24.9 Å². The molecule has 0 radical (unpaired) electrons. The summed E-state index contributed by atoms with van der Waals surface area (Å²) in [7, 11) is 0. The molecule has 3 N–H and O–H groups in total. The van der Waals surface area contributed by atoms with Gasteiger partial charge in [-0.2, -0.15) is 0 Å². The summed E-state index contributed by atoms with van der Waals surface area (Å²) in [5.41, 5.74) is 1.78. The van der Waals surface area contributed by atoms with Crippen LogP contribution in [0.1, 0.15) is 49.7 Å². The minimum absolute atomic E-state index is 0.0981. The number of rotatable bonds is 5. The van der Waals surface area contributed by atoms with Gasteiger partial charge in [-0.1, -0.05) is 25.3 Å². The summed E-state index contributed by atoms with van der Waals surface area (Å²) < 4.78 is 14.5. The normalized spacial score (nSPS) is 17.6. The summed E-state index contributed by atoms with van der Waals surface area (Å²) in [5.74, 6) is -0.423. The van der Waals surface area contributed by atoms with Gasteiger partial charge in [0.2, 0.25) is 11.8 Å². The van der Waals surface area contributed by atoms with E-state index in [1.165, 1.54) is 19.3 Å². The first-order chi connectivity index (χ1) is 12.1. The maximum absolute atomic E-state index is 14.5. The lowest BCUT2D eigenvalue weighted by Gasteiger charge is -2.21. The third-order valence-corrected chi connectivity index (χ3v) is 5.13. The Hall–Kier alpha value is -1.95. The highest BCUT2D eigenvalue weighted by Gasteiger charge is 2.19. The molecule has 0 atom stereocenters. The number of nitrogens with one attached hydrogen (secondary N) is 3. The molecule has 6 heteroatoms. The second kappa shape index (κ2) is 8.43. The molecule has 1 aromatic carbocycles. The molecule has 2 amide bonds. The van der Waals surface area contributed by atoms with Gasteiger partial charge in [-0.25, -0.2) is 4.39 Å². The van der Waals surface area contributed by atoms with E-state index >= 15 is 0 Å². The maximum Gasteiger partial charge on any atom is 0.243 e. The van der Waals surface area contributed by atoms with Gasteiger partial charge in [0.1, 0.15) is 5.82 Å². The van der Waals surface area contributed by atoms with Crippen molar-refractivity contribution in [1.82, 2.24) is 10.6 Å². The summed E-state index contributed by atoms with van der Waals surface area (Å²) in [6.07, 6.45) is 6.90. The Morgan fingerprint density at radius 3 is 2.76 bits per heavy atom. The number of carbonyl (C=O) groups excluding carboxylic acids is 2. The molecule has 1 fully saturated rings. The first-order valence-electron chi connectivity index (χ1n) is 9.21. The van der Waals surface area contributed by atoms with Gasteiger partial charge in [-0.15, -0.1) is 0 Å². The van der Waals surface area contributed by atoms with E-state index in [4.69, 9.17) is 0 Å². The molecule has 0 spiro atoms. The third kappa shape index (κ3) is 4.78. The molecule has 1 aliphatic heterocycles. The van der Waals surface area contributed by atoms with Gasteiger partial charge in [-0.05, 0) is 48.9 Å². The summed E-state index contributed by atoms with van der Waals surface area (Å²) in [4.78, 5) is 24.0. The van der Waals surface area contributed by atoms with Crippen LogP contribution < -0.4 is 16.0 Å². The Balaban J connectivity index is 1.48. The standard InChI is InChI=1S/C19H26FN3O2/c20-19-15-8-9-21-11-14(15)6-7-16(19)23-18(25)12-22-17(24)10-13-4-2-1-3-5-13/h6-7,13,21H,1-5,8-12H2,(H,22,24)(H,23,25). The first-order valence-corrected chi connectivity index (χ1v) is 9.21. The lowest BCUT2D eigenvalue weighted by Crippen LogP contribution is -2.34. The van der Waals surface area contributed by atoms with Gasteiger partial charge in [0.15, 0.2) is 0 Å². The number of carbonyl (C=O) groups is 2. The second-order valence-electron chi connectivity index (χ2n) is 7.02. The van der Waals surface area contributed by atoms with Crippen LogP contribution in [0.5, 0.6) is 0 Å². The molecule has 0 aromatic heterocycles. The van der Waals surface area contributed by atoms with Gasteiger partial charge in [0.05, 0.1) is 12.2 Å². The zero-order valence-corrected chi connectivity index (χ0v) is 14.5. The molecule has 0 saturated heterocycles. The zero-order valence-electron chi connectivity index (χ0n) is 14.5. The number of anilines is 1. The van der Waals surface area contributed by atoms with E-state index in [1.54, 1.807) is 6.07 Å². The van der Waals surface area contributed by atoms with Crippen LogP contribution >= 0.6 is 0 Å². The van der Waals surface area contributed by atoms with Crippen LogP contribution in [0.2, 0.25) is 0 Å². The van der Waals surface area contributed by atoms with E-state index in [-0.39, 0.29) is 24.0 Å². The smallest absolute Gasteiger partial charge is 0.243 e. The lowest BCUT2D eigenvalue weighted by atomic mass is 9.87. The molecule has 1 saturated carbocycles. The van der Waals surface area contributed by atoms with Crippen molar-refractivity contribution in [1.29, 1.82) is 0 Å². The molecule has 136 valence electrons. The molecule has 0 unspecified atom stereocenters. The minimum atomic E-state index is -0.398. The predicted octanol–water partition coefficient (Wildman–Crippen LogP) is 2.50. The van der Waals surface area contributed by atoms with E-state index in [0.29, 0.717) is 30.9 Å². The molecular formula is C19H26FN3O2. The molecule has 5 nitrogen and oxygen atoms in total. The maximum atomic E-state index is 14.5. The van der Waals surface area contributed by atoms with Crippen molar-refractivity contribution in [2.75, 3.05) is 18.4 Å². The van der Waals surface area contributed by atoms with E-state index < -0.39 is 5.91 Å². The van der Waals surface area contributed by atoms with E-state index in [1.807, 2.05) is 6.07 Å². The molecule has 1 heterocycles. The van der Waals surface area contributed by atoms with Gasteiger partial charge >= 0.3 is 0 Å². The fourth-order valence-corrected chi connectivity index (χ4v) is 3.73. The van der Waals surface area contributed by atoms with Crippen molar-refractivity contribution >= 4 is 17.5 Å². The SMILES string of the molecule is O=C(CC1CCCCC1)NCC(=O)Nc1ccc2c(c1F)CCNC2. The van der Waals surface area contributed by atoms with Crippen molar-refractivity contribution < 1.29 is 14.0 Å². The van der Waals surface area contributed by atoms with E-state index in [9.17, 15) is 14.0 Å². The fourth-order valence-electron chi connectivity index (χ4n) is 3.73. The predicted molar refractivity (Wildman–Crippen MR) is 94.6 cm³/mol. The molecule has 25 heavy (non-hydrogen) atoms. The fraction of sp³-hybridized carbons (Fsp3) is 0.579. The quantitative estimate of drug-likeness (QED) is 0.766. The Labute approximate surface area is 147 Å². The second-order valence-corrected chi connectivity index (χ2v) is 7.02.